The van der Waals surface area contributed by atoms with E-state index in [1.54, 1.807) is 56.6 Å². The third-order valence-corrected chi connectivity index (χ3v) is 6.27. The van der Waals surface area contributed by atoms with Crippen LogP contribution in [0.4, 0.5) is 0 Å². The lowest BCUT2D eigenvalue weighted by atomic mass is 9.96. The van der Waals surface area contributed by atoms with Gasteiger partial charge >= 0.3 is 0 Å². The van der Waals surface area contributed by atoms with E-state index in [0.29, 0.717) is 12.1 Å². The molecule has 2 aromatic carbocycles. The van der Waals surface area contributed by atoms with E-state index in [4.69, 9.17) is 0 Å². The Bertz CT molecular complexity index is 939. The highest BCUT2D eigenvalue weighted by molar-refractivity contribution is 7.89. The maximum atomic E-state index is 13.1. The molecule has 0 saturated heterocycles. The Kier molecular flexibility index (Phi) is 5.04. The Balaban J connectivity index is 2.13. The second kappa shape index (κ2) is 7.11. The highest BCUT2D eigenvalue weighted by Gasteiger charge is 2.47. The lowest BCUT2D eigenvalue weighted by molar-refractivity contribution is 0.0763. The molecule has 1 aliphatic rings. The highest BCUT2D eigenvalue weighted by atomic mass is 32.2. The fourth-order valence-corrected chi connectivity index (χ4v) is 4.74. The molecule has 0 amide bonds. The number of nitrogens with zero attached hydrogens (tertiary/aromatic N) is 2. The number of likely N-dealkylation sites (N-methyl/N-ethyl adjacent to an activating group) is 1. The van der Waals surface area contributed by atoms with Gasteiger partial charge in [0.2, 0.25) is 10.0 Å². The second-order valence-electron chi connectivity index (χ2n) is 6.41. The molecule has 3 rings (SSSR count). The first-order chi connectivity index (χ1) is 12.3. The molecule has 0 radical (unpaired) electrons. The van der Waals surface area contributed by atoms with E-state index in [2.05, 4.69) is 0 Å². The fourth-order valence-electron chi connectivity index (χ4n) is 3.00. The van der Waals surface area contributed by atoms with E-state index in [1.807, 2.05) is 4.90 Å². The molecule has 6 nitrogen and oxygen atoms in total. The summed E-state index contributed by atoms with van der Waals surface area (Å²) in [7, 11) is -0.337. The van der Waals surface area contributed by atoms with Crippen molar-refractivity contribution in [2.75, 3.05) is 27.2 Å². The summed E-state index contributed by atoms with van der Waals surface area (Å²) in [4.78, 5) is 27.8. The van der Waals surface area contributed by atoms with Gasteiger partial charge in [0.25, 0.3) is 0 Å². The first-order valence-electron chi connectivity index (χ1n) is 8.23. The monoisotopic (exact) mass is 372 g/mol. The van der Waals surface area contributed by atoms with Crippen LogP contribution >= 0.6 is 0 Å². The number of rotatable bonds is 5. The summed E-state index contributed by atoms with van der Waals surface area (Å²) in [6, 6.07) is 13.0. The van der Waals surface area contributed by atoms with Crippen molar-refractivity contribution in [1.29, 1.82) is 0 Å². The standard InChI is InChI=1S/C19H20N2O4S/c1-20(2)12-13-21-17(18(22)14-8-4-3-5-9-14)19(23)15-10-6-7-11-16(15)26(21,24)25/h3-11,17H,12-13H2,1-2H3/t17-/m1/s1. The minimum absolute atomic E-state index is 0.0409. The number of sulfonamides is 1. The summed E-state index contributed by atoms with van der Waals surface area (Å²) in [5, 5.41) is 0. The SMILES string of the molecule is CN(C)CCN1[C@H](C(=O)c2ccccc2)C(=O)c2ccccc2S1(=O)=O. The van der Waals surface area contributed by atoms with Crippen molar-refractivity contribution in [1.82, 2.24) is 9.21 Å². The van der Waals surface area contributed by atoms with Crippen LogP contribution in [0.3, 0.4) is 0 Å². The number of hydrogen-bond acceptors (Lipinski definition) is 5. The van der Waals surface area contributed by atoms with E-state index in [0.717, 1.165) is 4.31 Å². The van der Waals surface area contributed by atoms with Gasteiger partial charge in [0.05, 0.1) is 4.90 Å². The summed E-state index contributed by atoms with van der Waals surface area (Å²) in [6.45, 7) is 0.450. The Morgan fingerprint density at radius 2 is 1.65 bits per heavy atom. The van der Waals surface area contributed by atoms with Gasteiger partial charge in [-0.3, -0.25) is 9.59 Å². The Hall–Kier alpha value is -2.35. The zero-order valence-electron chi connectivity index (χ0n) is 14.6. The Morgan fingerprint density at radius 1 is 1.04 bits per heavy atom. The lowest BCUT2D eigenvalue weighted by Gasteiger charge is -2.34. The van der Waals surface area contributed by atoms with Gasteiger partial charge in [-0.25, -0.2) is 8.42 Å². The molecule has 26 heavy (non-hydrogen) atoms. The van der Waals surface area contributed by atoms with E-state index in [-0.39, 0.29) is 17.0 Å². The molecule has 0 unspecified atom stereocenters. The maximum Gasteiger partial charge on any atom is 0.244 e. The second-order valence-corrected chi connectivity index (χ2v) is 8.27. The number of hydrogen-bond donors (Lipinski definition) is 0. The third kappa shape index (κ3) is 3.21. The first-order valence-corrected chi connectivity index (χ1v) is 9.67. The number of carbonyl (C=O) groups is 2. The van der Waals surface area contributed by atoms with Crippen molar-refractivity contribution < 1.29 is 18.0 Å². The molecule has 0 fully saturated rings. The largest absolute Gasteiger partial charge is 0.308 e. The maximum absolute atomic E-state index is 13.1. The van der Waals surface area contributed by atoms with Gasteiger partial charge in [-0.05, 0) is 26.2 Å². The van der Waals surface area contributed by atoms with Crippen molar-refractivity contribution in [3.8, 4) is 0 Å². The van der Waals surface area contributed by atoms with Gasteiger partial charge in [0.15, 0.2) is 17.6 Å². The normalized spacial score (nSPS) is 19.3. The Morgan fingerprint density at radius 3 is 2.31 bits per heavy atom. The molecule has 1 atom stereocenters. The van der Waals surface area contributed by atoms with E-state index in [1.165, 1.54) is 12.1 Å². The molecule has 136 valence electrons. The van der Waals surface area contributed by atoms with E-state index >= 15 is 0 Å². The topological polar surface area (TPSA) is 74.8 Å². The van der Waals surface area contributed by atoms with E-state index < -0.39 is 27.6 Å². The van der Waals surface area contributed by atoms with Crippen molar-refractivity contribution in [3.63, 3.8) is 0 Å². The molecule has 0 aliphatic carbocycles. The van der Waals surface area contributed by atoms with Crippen LogP contribution < -0.4 is 0 Å². The highest BCUT2D eigenvalue weighted by Crippen LogP contribution is 2.31. The summed E-state index contributed by atoms with van der Waals surface area (Å²) < 4.78 is 27.3. The number of Topliss-reactive ketones (excluding diaryl/α,β-unsaturated/α-hetero) is 2. The van der Waals surface area contributed by atoms with Crippen molar-refractivity contribution in [2.24, 2.45) is 0 Å². The van der Waals surface area contributed by atoms with Gasteiger partial charge in [-0.1, -0.05) is 42.5 Å². The van der Waals surface area contributed by atoms with Gasteiger partial charge in [-0.2, -0.15) is 4.31 Å². The summed E-state index contributed by atoms with van der Waals surface area (Å²) in [5.74, 6) is -0.990. The zero-order valence-corrected chi connectivity index (χ0v) is 15.4. The molecular formula is C19H20N2O4S. The van der Waals surface area contributed by atoms with Crippen LogP contribution in [0.15, 0.2) is 59.5 Å². The predicted molar refractivity (Wildman–Crippen MR) is 97.8 cm³/mol. The lowest BCUT2D eigenvalue weighted by Crippen LogP contribution is -2.54. The van der Waals surface area contributed by atoms with Crippen LogP contribution in [0, 0.1) is 0 Å². The van der Waals surface area contributed by atoms with Crippen LogP contribution in [0.25, 0.3) is 0 Å². The molecule has 0 aromatic heterocycles. The van der Waals surface area contributed by atoms with Gasteiger partial charge in [0, 0.05) is 24.2 Å². The number of ketones is 2. The minimum Gasteiger partial charge on any atom is -0.308 e. The van der Waals surface area contributed by atoms with Gasteiger partial charge in [-0.15, -0.1) is 0 Å². The Labute approximate surface area is 153 Å². The van der Waals surface area contributed by atoms with Gasteiger partial charge in [0.1, 0.15) is 0 Å². The average molecular weight is 372 g/mol. The summed E-state index contributed by atoms with van der Waals surface area (Å²) >= 11 is 0. The fraction of sp³-hybridized carbons (Fsp3) is 0.263. The quantitative estimate of drug-likeness (QED) is 0.590. The van der Waals surface area contributed by atoms with E-state index in [9.17, 15) is 18.0 Å². The molecule has 1 aliphatic heterocycles. The van der Waals surface area contributed by atoms with Crippen LogP contribution in [0.2, 0.25) is 0 Å². The number of fused-ring (bicyclic) bond motifs is 1. The first kappa shape index (κ1) is 18.4. The summed E-state index contributed by atoms with van der Waals surface area (Å²) in [6.07, 6.45) is 0. The number of carbonyl (C=O) groups excluding carboxylic acids is 2. The van der Waals surface area contributed by atoms with Crippen LogP contribution in [0.1, 0.15) is 20.7 Å². The third-order valence-electron chi connectivity index (χ3n) is 4.35. The van der Waals surface area contributed by atoms with Crippen molar-refractivity contribution in [3.05, 3.63) is 65.7 Å². The molecule has 0 saturated carbocycles. The van der Waals surface area contributed by atoms with Crippen LogP contribution in [-0.4, -0.2) is 62.4 Å². The smallest absolute Gasteiger partial charge is 0.244 e. The van der Waals surface area contributed by atoms with Crippen LogP contribution in [-0.2, 0) is 10.0 Å². The van der Waals surface area contributed by atoms with Crippen LogP contribution in [0.5, 0.6) is 0 Å². The molecule has 1 heterocycles. The zero-order chi connectivity index (χ0) is 18.9. The predicted octanol–water partition coefficient (Wildman–Crippen LogP) is 1.69. The molecular weight excluding hydrogens is 352 g/mol. The number of benzene rings is 2. The van der Waals surface area contributed by atoms with Crippen molar-refractivity contribution >= 4 is 21.6 Å². The molecule has 0 N–H and O–H groups in total. The average Bonchev–Trinajstić information content (AvgIpc) is 2.63. The molecule has 7 heteroatoms. The van der Waals surface area contributed by atoms with Gasteiger partial charge < -0.3 is 4.90 Å². The van der Waals surface area contributed by atoms with Crippen molar-refractivity contribution in [2.45, 2.75) is 10.9 Å². The molecule has 0 spiro atoms. The minimum atomic E-state index is -3.95. The molecule has 0 bridgehead atoms. The molecule has 2 aromatic rings. The summed E-state index contributed by atoms with van der Waals surface area (Å²) in [5.41, 5.74) is 0.387.